The summed E-state index contributed by atoms with van der Waals surface area (Å²) in [6.45, 7) is 2.00. The third-order valence-electron chi connectivity index (χ3n) is 2.58. The molecule has 2 nitrogen and oxygen atoms in total. The van der Waals surface area contributed by atoms with Gasteiger partial charge in [-0.15, -0.1) is 0 Å². The smallest absolute Gasteiger partial charge is 0.0660 e. The highest BCUT2D eigenvalue weighted by Gasteiger charge is 2.30. The van der Waals surface area contributed by atoms with E-state index in [1.54, 1.807) is 0 Å². The first-order valence-corrected chi connectivity index (χ1v) is 5.51. The van der Waals surface area contributed by atoms with Gasteiger partial charge in [0, 0.05) is 17.5 Å². The summed E-state index contributed by atoms with van der Waals surface area (Å²) in [5.74, 6) is 5.66. The van der Waals surface area contributed by atoms with Crippen molar-refractivity contribution in [1.29, 1.82) is 0 Å². The van der Waals surface area contributed by atoms with Crippen LogP contribution in [0.1, 0.15) is 12.8 Å². The first kappa shape index (κ1) is 9.80. The lowest BCUT2D eigenvalue weighted by Gasteiger charge is -2.38. The van der Waals surface area contributed by atoms with Crippen LogP contribution in [-0.4, -0.2) is 30.4 Å². The molecule has 0 saturated carbocycles. The van der Waals surface area contributed by atoms with Gasteiger partial charge in [-0.2, -0.15) is 0 Å². The molecule has 1 aliphatic rings. The molecule has 0 aromatic carbocycles. The molecular formula is C7H14BIN2. The van der Waals surface area contributed by atoms with E-state index in [2.05, 4.69) is 22.6 Å². The van der Waals surface area contributed by atoms with Crippen molar-refractivity contribution < 1.29 is 0 Å². The molecule has 0 aromatic rings. The lowest BCUT2D eigenvalue weighted by atomic mass is 9.71. The molecule has 4 heteroatoms. The van der Waals surface area contributed by atoms with Crippen molar-refractivity contribution in [3.63, 3.8) is 0 Å². The monoisotopic (exact) mass is 264 g/mol. The second-order valence-corrected chi connectivity index (χ2v) is 4.14. The highest BCUT2D eigenvalue weighted by Crippen LogP contribution is 2.35. The van der Waals surface area contributed by atoms with Gasteiger partial charge < -0.3 is 0 Å². The molecule has 1 saturated heterocycles. The van der Waals surface area contributed by atoms with Crippen molar-refractivity contribution >= 4 is 30.4 Å². The molecule has 0 aliphatic carbocycles. The van der Waals surface area contributed by atoms with E-state index >= 15 is 0 Å². The Bertz CT molecular complexity index is 118. The summed E-state index contributed by atoms with van der Waals surface area (Å²) in [6.07, 6.45) is 3.12. The molecule has 1 fully saturated rings. The first-order valence-electron chi connectivity index (χ1n) is 3.98. The van der Waals surface area contributed by atoms with E-state index in [0.717, 1.165) is 36.7 Å². The Morgan fingerprint density at radius 3 is 2.36 bits per heavy atom. The molecule has 0 spiro atoms. The summed E-state index contributed by atoms with van der Waals surface area (Å²) in [4.78, 5) is 0. The zero-order valence-corrected chi connectivity index (χ0v) is 8.88. The van der Waals surface area contributed by atoms with Gasteiger partial charge in [-0.3, -0.25) is 5.84 Å². The van der Waals surface area contributed by atoms with E-state index in [-0.39, 0.29) is 0 Å². The second-order valence-electron chi connectivity index (χ2n) is 3.37. The van der Waals surface area contributed by atoms with E-state index in [0.29, 0.717) is 5.41 Å². The Morgan fingerprint density at radius 1 is 1.45 bits per heavy atom. The summed E-state index contributed by atoms with van der Waals surface area (Å²) in [5.41, 5.74) is 0.385. The van der Waals surface area contributed by atoms with Crippen molar-refractivity contribution in [3.8, 4) is 0 Å². The SMILES string of the molecule is [B]CC1(CI)CCN(N)CC1. The first-order chi connectivity index (χ1) is 5.22. The van der Waals surface area contributed by atoms with Crippen LogP contribution in [-0.2, 0) is 0 Å². The van der Waals surface area contributed by atoms with Crippen molar-refractivity contribution in [2.45, 2.75) is 19.2 Å². The summed E-state index contributed by atoms with van der Waals surface area (Å²) in [5, 5.41) is 1.89. The number of nitrogens with zero attached hydrogens (tertiary/aromatic N) is 1. The molecular weight excluding hydrogens is 250 g/mol. The predicted octanol–water partition coefficient (Wildman–Crippen LogP) is 0.964. The maximum Gasteiger partial charge on any atom is 0.0660 e. The van der Waals surface area contributed by atoms with Gasteiger partial charge in [-0.05, 0) is 18.3 Å². The number of piperidine rings is 1. The van der Waals surface area contributed by atoms with Crippen LogP contribution in [0.2, 0.25) is 6.32 Å². The maximum atomic E-state index is 5.73. The zero-order chi connectivity index (χ0) is 8.32. The zero-order valence-electron chi connectivity index (χ0n) is 6.72. The van der Waals surface area contributed by atoms with Gasteiger partial charge in [0.25, 0.3) is 0 Å². The van der Waals surface area contributed by atoms with Crippen molar-refractivity contribution in [2.24, 2.45) is 11.3 Å². The third kappa shape index (κ3) is 2.32. The van der Waals surface area contributed by atoms with Crippen LogP contribution in [0, 0.1) is 5.41 Å². The number of nitrogens with two attached hydrogens (primary N) is 1. The lowest BCUT2D eigenvalue weighted by Crippen LogP contribution is -2.44. The molecule has 0 unspecified atom stereocenters. The van der Waals surface area contributed by atoms with Crippen LogP contribution in [0.5, 0.6) is 0 Å². The topological polar surface area (TPSA) is 29.3 Å². The summed E-state index contributed by atoms with van der Waals surface area (Å²) < 4.78 is 1.16. The van der Waals surface area contributed by atoms with Crippen LogP contribution < -0.4 is 5.84 Å². The van der Waals surface area contributed by atoms with Crippen molar-refractivity contribution in [1.82, 2.24) is 5.01 Å². The Hall–Kier alpha value is 0.715. The van der Waals surface area contributed by atoms with Gasteiger partial charge in [0.1, 0.15) is 0 Å². The molecule has 0 aromatic heterocycles. The fraction of sp³-hybridized carbons (Fsp3) is 1.00. The third-order valence-corrected chi connectivity index (χ3v) is 4.19. The largest absolute Gasteiger partial charge is 0.269 e. The maximum absolute atomic E-state index is 5.73. The molecule has 0 amide bonds. The number of rotatable bonds is 2. The van der Waals surface area contributed by atoms with Crippen LogP contribution in [0.25, 0.3) is 0 Å². The Morgan fingerprint density at radius 2 is 2.00 bits per heavy atom. The highest BCUT2D eigenvalue weighted by atomic mass is 127. The fourth-order valence-electron chi connectivity index (χ4n) is 1.39. The molecule has 1 aliphatic heterocycles. The van der Waals surface area contributed by atoms with Crippen LogP contribution in [0.3, 0.4) is 0 Å². The van der Waals surface area contributed by atoms with E-state index in [1.807, 2.05) is 5.01 Å². The van der Waals surface area contributed by atoms with Gasteiger partial charge >= 0.3 is 0 Å². The van der Waals surface area contributed by atoms with Crippen LogP contribution >= 0.6 is 22.6 Å². The number of alkyl halides is 1. The minimum Gasteiger partial charge on any atom is -0.269 e. The Labute approximate surface area is 83.4 Å². The Balaban J connectivity index is 2.45. The lowest BCUT2D eigenvalue weighted by molar-refractivity contribution is 0.140. The molecule has 11 heavy (non-hydrogen) atoms. The van der Waals surface area contributed by atoms with E-state index in [9.17, 15) is 0 Å². The van der Waals surface area contributed by atoms with Gasteiger partial charge in [-0.1, -0.05) is 28.9 Å². The van der Waals surface area contributed by atoms with E-state index in [4.69, 9.17) is 13.7 Å². The van der Waals surface area contributed by atoms with Crippen LogP contribution in [0.15, 0.2) is 0 Å². The van der Waals surface area contributed by atoms with Gasteiger partial charge in [0.15, 0.2) is 0 Å². The van der Waals surface area contributed by atoms with Crippen molar-refractivity contribution in [2.75, 3.05) is 17.5 Å². The molecule has 1 rings (SSSR count). The average Bonchev–Trinajstić information content (AvgIpc) is 2.07. The molecule has 0 atom stereocenters. The minimum atomic E-state index is 0.385. The highest BCUT2D eigenvalue weighted by molar-refractivity contribution is 14.1. The molecule has 2 N–H and O–H groups in total. The van der Waals surface area contributed by atoms with Crippen molar-refractivity contribution in [3.05, 3.63) is 0 Å². The van der Waals surface area contributed by atoms with Gasteiger partial charge in [0.05, 0.1) is 7.85 Å². The number of halogens is 1. The quantitative estimate of drug-likeness (QED) is 0.348. The van der Waals surface area contributed by atoms with Gasteiger partial charge in [0.2, 0.25) is 0 Å². The average molecular weight is 264 g/mol. The number of hydrogen-bond donors (Lipinski definition) is 1. The Kier molecular flexibility index (Phi) is 3.65. The van der Waals surface area contributed by atoms with E-state index in [1.165, 1.54) is 0 Å². The normalized spacial score (nSPS) is 25.3. The summed E-state index contributed by atoms with van der Waals surface area (Å²) in [6, 6.07) is 0. The predicted molar refractivity (Wildman–Crippen MR) is 56.9 cm³/mol. The minimum absolute atomic E-state index is 0.385. The molecule has 1 heterocycles. The number of hydrogen-bond acceptors (Lipinski definition) is 2. The molecule has 62 valence electrons. The second kappa shape index (κ2) is 4.09. The summed E-state index contributed by atoms with van der Waals surface area (Å²) >= 11 is 2.43. The van der Waals surface area contributed by atoms with E-state index < -0.39 is 0 Å². The number of hydrazine groups is 1. The molecule has 2 radical (unpaired) electrons. The molecule has 0 bridgehead atoms. The van der Waals surface area contributed by atoms with Crippen LogP contribution in [0.4, 0.5) is 0 Å². The fourth-order valence-corrected chi connectivity index (χ4v) is 2.46. The standard InChI is InChI=1S/C7H14BIN2/c8-5-7(6-9)1-3-11(10)4-2-7/h1-6,10H2. The van der Waals surface area contributed by atoms with Gasteiger partial charge in [-0.25, -0.2) is 5.01 Å². The summed E-state index contributed by atoms with van der Waals surface area (Å²) in [7, 11) is 5.73.